The number of ether oxygens (including phenoxy) is 5. The third-order valence-corrected chi connectivity index (χ3v) is 7.05. The first-order valence-corrected chi connectivity index (χ1v) is 11.4. The second-order valence-electron chi connectivity index (χ2n) is 9.10. The van der Waals surface area contributed by atoms with E-state index in [0.29, 0.717) is 0 Å². The lowest BCUT2D eigenvalue weighted by Crippen LogP contribution is -2.60. The van der Waals surface area contributed by atoms with E-state index in [2.05, 4.69) is 0 Å². The summed E-state index contributed by atoms with van der Waals surface area (Å²) in [5.41, 5.74) is -0.248. The molecule has 5 rings (SSSR count). The van der Waals surface area contributed by atoms with Crippen LogP contribution in [0.1, 0.15) is 5.56 Å². The maximum Gasteiger partial charge on any atom is 0.330 e. The van der Waals surface area contributed by atoms with Gasteiger partial charge in [0, 0.05) is 12.0 Å². The minimum absolute atomic E-state index is 0.364. The maximum atomic E-state index is 12.1. The van der Waals surface area contributed by atoms with E-state index in [0.717, 1.165) is 5.56 Å². The molecule has 2 saturated heterocycles. The van der Waals surface area contributed by atoms with Crippen molar-refractivity contribution < 1.29 is 54.0 Å². The molecule has 0 amide bonds. The summed E-state index contributed by atoms with van der Waals surface area (Å²) >= 11 is 0. The van der Waals surface area contributed by atoms with Gasteiger partial charge in [-0.15, -0.1) is 0 Å². The van der Waals surface area contributed by atoms with Crippen LogP contribution in [0.3, 0.4) is 0 Å². The SMILES string of the molecule is O=C(/C=C/c1ccccc1)OC[C@H]1O[C@@H](O[C@@H]2OC=C[C@@H]3[C@H](O)[C@@H]4O[C@]4(CO)[C@@H]23)[C@H](O)[C@@H](O)[C@@H]1O. The monoisotopic (exact) mass is 492 g/mol. The molecule has 3 heterocycles. The van der Waals surface area contributed by atoms with Crippen molar-refractivity contribution in [3.63, 3.8) is 0 Å². The number of hydrogen-bond acceptors (Lipinski definition) is 11. The summed E-state index contributed by atoms with van der Waals surface area (Å²) in [6.07, 6.45) is -4.23. The predicted molar refractivity (Wildman–Crippen MR) is 116 cm³/mol. The molecule has 11 atom stereocenters. The number of rotatable bonds is 7. The van der Waals surface area contributed by atoms with E-state index in [9.17, 15) is 30.3 Å². The maximum absolute atomic E-state index is 12.1. The molecule has 3 aliphatic heterocycles. The van der Waals surface area contributed by atoms with Crippen molar-refractivity contribution in [2.75, 3.05) is 13.2 Å². The summed E-state index contributed by atoms with van der Waals surface area (Å²) in [6.45, 7) is -0.776. The first kappa shape index (κ1) is 24.3. The number of aliphatic hydroxyl groups is 5. The minimum Gasteiger partial charge on any atom is -0.472 e. The molecule has 11 nitrogen and oxygen atoms in total. The molecule has 0 unspecified atom stereocenters. The Balaban J connectivity index is 1.22. The van der Waals surface area contributed by atoms with Crippen LogP contribution in [0.4, 0.5) is 0 Å². The van der Waals surface area contributed by atoms with Gasteiger partial charge >= 0.3 is 5.97 Å². The van der Waals surface area contributed by atoms with Crippen LogP contribution >= 0.6 is 0 Å². The Bertz CT molecular complexity index is 967. The smallest absolute Gasteiger partial charge is 0.330 e. The van der Waals surface area contributed by atoms with Gasteiger partial charge in [-0.1, -0.05) is 30.3 Å². The number of hydrogen-bond donors (Lipinski definition) is 5. The molecule has 1 aromatic carbocycles. The molecule has 4 aliphatic rings. The van der Waals surface area contributed by atoms with Gasteiger partial charge < -0.3 is 49.2 Å². The van der Waals surface area contributed by atoms with Gasteiger partial charge in [0.05, 0.1) is 24.9 Å². The summed E-state index contributed by atoms with van der Waals surface area (Å²) in [5.74, 6) is -1.70. The van der Waals surface area contributed by atoms with Gasteiger partial charge in [-0.3, -0.25) is 0 Å². The van der Waals surface area contributed by atoms with Crippen LogP contribution in [-0.4, -0.2) is 99.5 Å². The highest BCUT2D eigenvalue weighted by atomic mass is 16.8. The second-order valence-corrected chi connectivity index (χ2v) is 9.10. The number of aliphatic hydroxyl groups excluding tert-OH is 5. The summed E-state index contributed by atoms with van der Waals surface area (Å²) < 4.78 is 27.7. The Kier molecular flexibility index (Phi) is 6.68. The zero-order chi connectivity index (χ0) is 24.7. The van der Waals surface area contributed by atoms with E-state index < -0.39 is 79.2 Å². The van der Waals surface area contributed by atoms with Crippen molar-refractivity contribution in [3.8, 4) is 0 Å². The van der Waals surface area contributed by atoms with E-state index in [-0.39, 0.29) is 6.61 Å². The Morgan fingerprint density at radius 3 is 2.54 bits per heavy atom. The third kappa shape index (κ3) is 4.39. The summed E-state index contributed by atoms with van der Waals surface area (Å²) in [7, 11) is 0. The van der Waals surface area contributed by atoms with E-state index in [1.165, 1.54) is 12.3 Å². The molecule has 0 bridgehead atoms. The fourth-order valence-electron chi connectivity index (χ4n) is 5.10. The molecule has 3 fully saturated rings. The van der Waals surface area contributed by atoms with Crippen molar-refractivity contribution in [2.24, 2.45) is 11.8 Å². The lowest BCUT2D eigenvalue weighted by molar-refractivity contribution is -0.344. The molecule has 0 radical (unpaired) electrons. The average molecular weight is 492 g/mol. The largest absolute Gasteiger partial charge is 0.472 e. The zero-order valence-corrected chi connectivity index (χ0v) is 18.6. The van der Waals surface area contributed by atoms with E-state index in [1.807, 2.05) is 30.3 Å². The standard InChI is InChI=1S/C24H28O11/c25-11-24-16-13(17(27)21(24)35-24)8-9-31-22(16)34-23-20(30)19(29)18(28)14(33-23)10-32-15(26)7-6-12-4-2-1-3-5-12/h1-9,13-14,16-23,25,27-30H,10-11H2/b7-6+/t13-,14+,16+,17-,18+,19-,20+,21-,22-,23-,24+/m0/s1. The van der Waals surface area contributed by atoms with Gasteiger partial charge in [0.2, 0.25) is 6.29 Å². The summed E-state index contributed by atoms with van der Waals surface area (Å²) in [6, 6.07) is 9.11. The van der Waals surface area contributed by atoms with Gasteiger partial charge in [-0.05, 0) is 17.7 Å². The van der Waals surface area contributed by atoms with Crippen LogP contribution in [0, 0.1) is 11.8 Å². The molecule has 1 aliphatic carbocycles. The fraction of sp³-hybridized carbons (Fsp3) is 0.542. The van der Waals surface area contributed by atoms with Crippen molar-refractivity contribution in [1.82, 2.24) is 0 Å². The number of carbonyl (C=O) groups excluding carboxylic acids is 1. The van der Waals surface area contributed by atoms with Gasteiger partial charge in [-0.25, -0.2) is 4.79 Å². The lowest BCUT2D eigenvalue weighted by atomic mass is 9.85. The average Bonchev–Trinajstić information content (AvgIpc) is 3.57. The Hall–Kier alpha value is -2.35. The lowest BCUT2D eigenvalue weighted by Gasteiger charge is -2.43. The second kappa shape index (κ2) is 9.60. The van der Waals surface area contributed by atoms with Crippen molar-refractivity contribution in [1.29, 1.82) is 0 Å². The van der Waals surface area contributed by atoms with Gasteiger partial charge in [0.1, 0.15) is 42.7 Å². The van der Waals surface area contributed by atoms with E-state index in [4.69, 9.17) is 23.7 Å². The molecule has 5 N–H and O–H groups in total. The molecule has 1 saturated carbocycles. The van der Waals surface area contributed by atoms with Gasteiger partial charge in [-0.2, -0.15) is 0 Å². The number of carbonyl (C=O) groups is 1. The molecule has 11 heteroatoms. The Morgan fingerprint density at radius 1 is 1.03 bits per heavy atom. The van der Waals surface area contributed by atoms with Gasteiger partial charge in [0.25, 0.3) is 0 Å². The van der Waals surface area contributed by atoms with Crippen LogP contribution in [0.15, 0.2) is 48.7 Å². The van der Waals surface area contributed by atoms with Crippen molar-refractivity contribution in [3.05, 3.63) is 54.3 Å². The molecular weight excluding hydrogens is 464 g/mol. The number of esters is 1. The number of epoxide rings is 1. The Labute approximate surface area is 200 Å². The fourth-order valence-corrected chi connectivity index (χ4v) is 5.10. The summed E-state index contributed by atoms with van der Waals surface area (Å²) in [4.78, 5) is 12.1. The predicted octanol–water partition coefficient (Wildman–Crippen LogP) is -1.33. The quantitative estimate of drug-likeness (QED) is 0.174. The third-order valence-electron chi connectivity index (χ3n) is 7.05. The van der Waals surface area contributed by atoms with Crippen molar-refractivity contribution >= 4 is 12.0 Å². The first-order valence-electron chi connectivity index (χ1n) is 11.4. The molecule has 35 heavy (non-hydrogen) atoms. The topological polar surface area (TPSA) is 168 Å². The van der Waals surface area contributed by atoms with Crippen LogP contribution in [0.2, 0.25) is 0 Å². The molecular formula is C24H28O11. The molecule has 190 valence electrons. The number of fused-ring (bicyclic) bond motifs is 3. The highest BCUT2D eigenvalue weighted by Crippen LogP contribution is 2.59. The van der Waals surface area contributed by atoms with Crippen LogP contribution in [-0.2, 0) is 28.5 Å². The van der Waals surface area contributed by atoms with Crippen LogP contribution < -0.4 is 0 Å². The van der Waals surface area contributed by atoms with E-state index >= 15 is 0 Å². The van der Waals surface area contributed by atoms with Gasteiger partial charge in [0.15, 0.2) is 6.29 Å². The molecule has 1 aromatic rings. The zero-order valence-electron chi connectivity index (χ0n) is 18.6. The van der Waals surface area contributed by atoms with E-state index in [1.54, 1.807) is 12.2 Å². The highest BCUT2D eigenvalue weighted by molar-refractivity contribution is 5.87. The Morgan fingerprint density at radius 2 is 1.80 bits per heavy atom. The molecule has 0 spiro atoms. The normalized spacial score (nSPS) is 43.9. The summed E-state index contributed by atoms with van der Waals surface area (Å²) in [5, 5.41) is 51.5. The minimum atomic E-state index is -1.65. The first-order chi connectivity index (χ1) is 16.9. The molecule has 0 aromatic heterocycles. The van der Waals surface area contributed by atoms with Crippen LogP contribution in [0.5, 0.6) is 0 Å². The highest BCUT2D eigenvalue weighted by Gasteiger charge is 2.75. The van der Waals surface area contributed by atoms with Crippen molar-refractivity contribution in [2.45, 2.75) is 54.8 Å². The number of benzene rings is 1. The van der Waals surface area contributed by atoms with Crippen LogP contribution in [0.25, 0.3) is 6.08 Å².